The number of hydrogen-bond acceptors (Lipinski definition) is 2. The first-order valence-corrected chi connectivity index (χ1v) is 7.81. The first kappa shape index (κ1) is 17.9. The smallest absolute Gasteiger partial charge is 0.330 e. The minimum absolute atomic E-state index is 0.233. The number of carbonyl (C=O) groups is 1. The summed E-state index contributed by atoms with van der Waals surface area (Å²) in [7, 11) is 0. The molecule has 0 aromatic rings. The number of ether oxygens (including phenoxy) is 1. The first-order chi connectivity index (χ1) is 9.31. The zero-order chi connectivity index (χ0) is 14.2. The van der Waals surface area contributed by atoms with E-state index in [-0.39, 0.29) is 5.97 Å². The van der Waals surface area contributed by atoms with Gasteiger partial charge in [-0.2, -0.15) is 0 Å². The van der Waals surface area contributed by atoms with E-state index < -0.39 is 0 Å². The first-order valence-electron chi connectivity index (χ1n) is 7.81. The van der Waals surface area contributed by atoms with E-state index in [0.717, 1.165) is 25.7 Å². The highest BCUT2D eigenvalue weighted by Crippen LogP contribution is 2.05. The van der Waals surface area contributed by atoms with Crippen LogP contribution in [0, 0.1) is 0 Å². The molecule has 0 spiro atoms. The van der Waals surface area contributed by atoms with Crippen LogP contribution in [0.2, 0.25) is 0 Å². The van der Waals surface area contributed by atoms with Gasteiger partial charge in [0.05, 0.1) is 6.61 Å². The van der Waals surface area contributed by atoms with Crippen molar-refractivity contribution < 1.29 is 9.53 Å². The molecule has 19 heavy (non-hydrogen) atoms. The molecule has 0 aliphatic rings. The Bertz CT molecular complexity index is 254. The predicted octanol–water partition coefficient (Wildman–Crippen LogP) is 5.19. The van der Waals surface area contributed by atoms with Gasteiger partial charge in [-0.1, -0.05) is 70.6 Å². The van der Waals surface area contributed by atoms with Crippen LogP contribution in [0.15, 0.2) is 24.3 Å². The second kappa shape index (κ2) is 15.0. The van der Waals surface area contributed by atoms with Crippen LogP contribution >= 0.6 is 0 Å². The summed E-state index contributed by atoms with van der Waals surface area (Å²) in [6, 6.07) is 0. The molecule has 0 saturated heterocycles. The monoisotopic (exact) mass is 266 g/mol. The summed E-state index contributed by atoms with van der Waals surface area (Å²) in [6.45, 7) is 4.90. The fourth-order valence-corrected chi connectivity index (χ4v) is 1.75. The Kier molecular flexibility index (Phi) is 14.2. The number of hydrogen-bond donors (Lipinski definition) is 0. The number of rotatable bonds is 12. The zero-order valence-corrected chi connectivity index (χ0v) is 12.7. The number of unbranched alkanes of at least 4 members (excludes halogenated alkanes) is 7. The fraction of sp³-hybridized carbons (Fsp3) is 0.706. The molecule has 0 fully saturated rings. The van der Waals surface area contributed by atoms with Gasteiger partial charge in [0.2, 0.25) is 0 Å². The SMILES string of the molecule is CCCCCCC/C=C\C=C\C(=O)OCCCCC. The van der Waals surface area contributed by atoms with E-state index in [2.05, 4.69) is 19.9 Å². The molecular weight excluding hydrogens is 236 g/mol. The molecule has 0 rings (SSSR count). The van der Waals surface area contributed by atoms with Crippen LogP contribution < -0.4 is 0 Å². The van der Waals surface area contributed by atoms with E-state index in [9.17, 15) is 4.79 Å². The number of allylic oxidation sites excluding steroid dienone is 3. The molecule has 0 unspecified atom stereocenters. The van der Waals surface area contributed by atoms with Crippen molar-refractivity contribution >= 4 is 5.97 Å². The quantitative estimate of drug-likeness (QED) is 0.210. The van der Waals surface area contributed by atoms with Crippen LogP contribution in [-0.2, 0) is 9.53 Å². The van der Waals surface area contributed by atoms with Gasteiger partial charge in [-0.15, -0.1) is 0 Å². The lowest BCUT2D eigenvalue weighted by Crippen LogP contribution is -2.01. The topological polar surface area (TPSA) is 26.3 Å². The second-order valence-electron chi connectivity index (χ2n) is 4.86. The van der Waals surface area contributed by atoms with Crippen LogP contribution in [-0.4, -0.2) is 12.6 Å². The summed E-state index contributed by atoms with van der Waals surface area (Å²) in [5.41, 5.74) is 0. The maximum Gasteiger partial charge on any atom is 0.330 e. The van der Waals surface area contributed by atoms with Gasteiger partial charge >= 0.3 is 5.97 Å². The highest BCUT2D eigenvalue weighted by atomic mass is 16.5. The van der Waals surface area contributed by atoms with Crippen LogP contribution in [0.4, 0.5) is 0 Å². The lowest BCUT2D eigenvalue weighted by molar-refractivity contribution is -0.137. The summed E-state index contributed by atoms with van der Waals surface area (Å²) in [6.07, 6.45) is 18.2. The summed E-state index contributed by atoms with van der Waals surface area (Å²) in [5.74, 6) is -0.233. The van der Waals surface area contributed by atoms with Crippen LogP contribution in [0.25, 0.3) is 0 Å². The Morgan fingerprint density at radius 1 is 0.895 bits per heavy atom. The second-order valence-corrected chi connectivity index (χ2v) is 4.86. The third-order valence-corrected chi connectivity index (χ3v) is 2.95. The molecule has 0 aliphatic carbocycles. The van der Waals surface area contributed by atoms with Gasteiger partial charge in [-0.25, -0.2) is 4.79 Å². The number of carbonyl (C=O) groups excluding carboxylic acids is 1. The minimum atomic E-state index is -0.233. The Labute approximate surface area is 118 Å². The van der Waals surface area contributed by atoms with Crippen molar-refractivity contribution in [2.45, 2.75) is 71.6 Å². The van der Waals surface area contributed by atoms with Crippen molar-refractivity contribution in [3.63, 3.8) is 0 Å². The molecular formula is C17H30O2. The van der Waals surface area contributed by atoms with Gasteiger partial charge in [0.15, 0.2) is 0 Å². The molecule has 0 saturated carbocycles. The predicted molar refractivity (Wildman–Crippen MR) is 82.1 cm³/mol. The van der Waals surface area contributed by atoms with E-state index in [4.69, 9.17) is 4.74 Å². The largest absolute Gasteiger partial charge is 0.463 e. The van der Waals surface area contributed by atoms with Crippen molar-refractivity contribution in [1.29, 1.82) is 0 Å². The molecule has 0 aliphatic heterocycles. The van der Waals surface area contributed by atoms with Gasteiger partial charge < -0.3 is 4.74 Å². The Morgan fingerprint density at radius 3 is 2.32 bits per heavy atom. The molecule has 0 aromatic heterocycles. The van der Waals surface area contributed by atoms with Gasteiger partial charge in [-0.05, 0) is 19.3 Å². The Morgan fingerprint density at radius 2 is 1.58 bits per heavy atom. The van der Waals surface area contributed by atoms with Crippen molar-refractivity contribution in [3.8, 4) is 0 Å². The highest BCUT2D eigenvalue weighted by molar-refractivity contribution is 5.82. The lowest BCUT2D eigenvalue weighted by Gasteiger charge is -1.99. The van der Waals surface area contributed by atoms with Crippen molar-refractivity contribution in [1.82, 2.24) is 0 Å². The van der Waals surface area contributed by atoms with E-state index in [1.54, 1.807) is 6.08 Å². The Balaban J connectivity index is 3.41. The normalized spacial score (nSPS) is 11.5. The molecule has 2 nitrogen and oxygen atoms in total. The van der Waals surface area contributed by atoms with Gasteiger partial charge in [0.1, 0.15) is 0 Å². The van der Waals surface area contributed by atoms with Gasteiger partial charge in [0.25, 0.3) is 0 Å². The molecule has 2 heteroatoms. The third-order valence-electron chi connectivity index (χ3n) is 2.95. The zero-order valence-electron chi connectivity index (χ0n) is 12.7. The van der Waals surface area contributed by atoms with Crippen LogP contribution in [0.3, 0.4) is 0 Å². The van der Waals surface area contributed by atoms with E-state index >= 15 is 0 Å². The number of esters is 1. The molecule has 0 amide bonds. The molecule has 0 radical (unpaired) electrons. The average Bonchev–Trinajstić information content (AvgIpc) is 2.42. The Hall–Kier alpha value is -1.05. The van der Waals surface area contributed by atoms with Crippen molar-refractivity contribution in [3.05, 3.63) is 24.3 Å². The molecule has 0 heterocycles. The summed E-state index contributed by atoms with van der Waals surface area (Å²) in [5, 5.41) is 0. The molecule has 110 valence electrons. The van der Waals surface area contributed by atoms with Crippen LogP contribution in [0.5, 0.6) is 0 Å². The minimum Gasteiger partial charge on any atom is -0.463 e. The molecule has 0 atom stereocenters. The lowest BCUT2D eigenvalue weighted by atomic mass is 10.1. The molecule has 0 N–H and O–H groups in total. The summed E-state index contributed by atoms with van der Waals surface area (Å²) in [4.78, 5) is 11.3. The third kappa shape index (κ3) is 14.9. The van der Waals surface area contributed by atoms with E-state index in [0.29, 0.717) is 6.61 Å². The van der Waals surface area contributed by atoms with E-state index in [1.165, 1.54) is 38.2 Å². The maximum atomic E-state index is 11.3. The van der Waals surface area contributed by atoms with Crippen LogP contribution in [0.1, 0.15) is 71.6 Å². The summed E-state index contributed by atoms with van der Waals surface area (Å²) >= 11 is 0. The standard InChI is InChI=1S/C17H30O2/c1-3-5-7-8-9-10-11-12-13-15-17(18)19-16-14-6-4-2/h11-13,15H,3-10,14,16H2,1-2H3/b12-11-,15-13+. The highest BCUT2D eigenvalue weighted by Gasteiger charge is 1.94. The van der Waals surface area contributed by atoms with Gasteiger partial charge in [0, 0.05) is 6.08 Å². The molecule has 0 aromatic carbocycles. The average molecular weight is 266 g/mol. The molecule has 0 bridgehead atoms. The van der Waals surface area contributed by atoms with Gasteiger partial charge in [-0.3, -0.25) is 0 Å². The fourth-order valence-electron chi connectivity index (χ4n) is 1.75. The van der Waals surface area contributed by atoms with E-state index in [1.807, 2.05) is 6.08 Å². The summed E-state index contributed by atoms with van der Waals surface area (Å²) < 4.78 is 5.06. The van der Waals surface area contributed by atoms with Crippen molar-refractivity contribution in [2.24, 2.45) is 0 Å². The van der Waals surface area contributed by atoms with Crippen molar-refractivity contribution in [2.75, 3.05) is 6.61 Å². The maximum absolute atomic E-state index is 11.3.